The molecular weight excluding hydrogens is 312 g/mol. The third-order valence-electron chi connectivity index (χ3n) is 4.52. The highest BCUT2D eigenvalue weighted by Gasteiger charge is 2.14. The second-order valence-corrected chi connectivity index (χ2v) is 7.18. The van der Waals surface area contributed by atoms with Crippen LogP contribution in [-0.4, -0.2) is 54.1 Å². The van der Waals surface area contributed by atoms with Crippen LogP contribution in [-0.2, 0) is 17.8 Å². The number of anilines is 1. The van der Waals surface area contributed by atoms with Crippen molar-refractivity contribution in [2.24, 2.45) is 5.92 Å². The third-order valence-corrected chi connectivity index (χ3v) is 4.52. The summed E-state index contributed by atoms with van der Waals surface area (Å²) in [5, 5.41) is 4.52. The van der Waals surface area contributed by atoms with E-state index in [0.29, 0.717) is 5.92 Å². The molecule has 0 bridgehead atoms. The molecule has 1 saturated heterocycles. The Balaban J connectivity index is 1.64. The molecule has 5 nitrogen and oxygen atoms in total. The van der Waals surface area contributed by atoms with Gasteiger partial charge in [0.1, 0.15) is 0 Å². The molecule has 1 aromatic heterocycles. The van der Waals surface area contributed by atoms with Gasteiger partial charge in [-0.2, -0.15) is 5.10 Å². The molecule has 1 aromatic carbocycles. The fraction of sp³-hybridized carbons (Fsp3) is 0.550. The van der Waals surface area contributed by atoms with E-state index in [9.17, 15) is 0 Å². The first kappa shape index (κ1) is 18.0. The quantitative estimate of drug-likeness (QED) is 0.739. The van der Waals surface area contributed by atoms with Gasteiger partial charge in [0, 0.05) is 56.7 Å². The van der Waals surface area contributed by atoms with E-state index in [0.717, 1.165) is 52.5 Å². The lowest BCUT2D eigenvalue weighted by molar-refractivity contribution is 0.0391. The Morgan fingerprint density at radius 2 is 1.92 bits per heavy atom. The fourth-order valence-corrected chi connectivity index (χ4v) is 3.21. The number of hydrogen-bond donors (Lipinski definition) is 0. The zero-order valence-corrected chi connectivity index (χ0v) is 15.5. The summed E-state index contributed by atoms with van der Waals surface area (Å²) < 4.78 is 7.52. The van der Waals surface area contributed by atoms with Crippen LogP contribution in [0.2, 0.25) is 0 Å². The van der Waals surface area contributed by atoms with Crippen LogP contribution in [0.15, 0.2) is 42.7 Å². The van der Waals surface area contributed by atoms with Crippen LogP contribution in [0.25, 0.3) is 0 Å². The molecule has 136 valence electrons. The molecule has 0 atom stereocenters. The lowest BCUT2D eigenvalue weighted by atomic mass is 10.2. The number of morpholine rings is 1. The van der Waals surface area contributed by atoms with E-state index in [-0.39, 0.29) is 0 Å². The van der Waals surface area contributed by atoms with Gasteiger partial charge in [-0.3, -0.25) is 9.58 Å². The van der Waals surface area contributed by atoms with E-state index in [2.05, 4.69) is 70.0 Å². The van der Waals surface area contributed by atoms with E-state index >= 15 is 0 Å². The summed E-state index contributed by atoms with van der Waals surface area (Å²) in [5.41, 5.74) is 2.54. The number of rotatable bonds is 8. The van der Waals surface area contributed by atoms with Crippen molar-refractivity contribution in [3.8, 4) is 0 Å². The molecule has 1 fully saturated rings. The minimum absolute atomic E-state index is 0.610. The van der Waals surface area contributed by atoms with Gasteiger partial charge in [-0.25, -0.2) is 0 Å². The van der Waals surface area contributed by atoms with E-state index in [4.69, 9.17) is 4.74 Å². The summed E-state index contributed by atoms with van der Waals surface area (Å²) in [6, 6.07) is 10.7. The van der Waals surface area contributed by atoms with Crippen LogP contribution in [0.3, 0.4) is 0 Å². The molecule has 0 aliphatic carbocycles. The van der Waals surface area contributed by atoms with Crippen LogP contribution >= 0.6 is 0 Å². The van der Waals surface area contributed by atoms with Crippen molar-refractivity contribution in [3.05, 3.63) is 48.3 Å². The highest BCUT2D eigenvalue weighted by Crippen LogP contribution is 2.17. The molecule has 0 radical (unpaired) electrons. The highest BCUT2D eigenvalue weighted by molar-refractivity contribution is 5.46. The van der Waals surface area contributed by atoms with Crippen molar-refractivity contribution < 1.29 is 4.74 Å². The molecule has 1 aliphatic rings. The van der Waals surface area contributed by atoms with Gasteiger partial charge in [0.15, 0.2) is 0 Å². The lowest BCUT2D eigenvalue weighted by Crippen LogP contribution is -2.41. The molecular formula is C20H30N4O. The number of ether oxygens (including phenoxy) is 1. The maximum Gasteiger partial charge on any atom is 0.0594 e. The van der Waals surface area contributed by atoms with Crippen molar-refractivity contribution in [3.63, 3.8) is 0 Å². The molecule has 2 heterocycles. The van der Waals surface area contributed by atoms with Gasteiger partial charge < -0.3 is 9.64 Å². The van der Waals surface area contributed by atoms with Crippen molar-refractivity contribution in [1.82, 2.24) is 14.7 Å². The molecule has 1 aliphatic heterocycles. The average molecular weight is 342 g/mol. The monoisotopic (exact) mass is 342 g/mol. The van der Waals surface area contributed by atoms with Crippen LogP contribution in [0.5, 0.6) is 0 Å². The highest BCUT2D eigenvalue weighted by atomic mass is 16.5. The number of benzene rings is 1. The zero-order valence-electron chi connectivity index (χ0n) is 15.5. The second kappa shape index (κ2) is 9.02. The van der Waals surface area contributed by atoms with Gasteiger partial charge >= 0.3 is 0 Å². The first-order valence-corrected chi connectivity index (χ1v) is 9.32. The summed E-state index contributed by atoms with van der Waals surface area (Å²) >= 11 is 0. The van der Waals surface area contributed by atoms with Crippen LogP contribution < -0.4 is 4.90 Å². The van der Waals surface area contributed by atoms with Crippen molar-refractivity contribution in [1.29, 1.82) is 0 Å². The predicted octanol–water partition coefficient (Wildman–Crippen LogP) is 2.88. The van der Waals surface area contributed by atoms with Gasteiger partial charge in [-0.15, -0.1) is 0 Å². The Hall–Kier alpha value is -1.85. The second-order valence-electron chi connectivity index (χ2n) is 7.18. The van der Waals surface area contributed by atoms with Gasteiger partial charge in [-0.1, -0.05) is 32.0 Å². The van der Waals surface area contributed by atoms with Crippen molar-refractivity contribution >= 4 is 5.69 Å². The first-order valence-electron chi connectivity index (χ1n) is 9.32. The summed E-state index contributed by atoms with van der Waals surface area (Å²) in [4.78, 5) is 4.94. The number of hydrogen-bond acceptors (Lipinski definition) is 4. The Kier molecular flexibility index (Phi) is 6.48. The summed E-state index contributed by atoms with van der Waals surface area (Å²) in [6.45, 7) is 12.2. The van der Waals surface area contributed by atoms with Gasteiger partial charge in [0.25, 0.3) is 0 Å². The smallest absolute Gasteiger partial charge is 0.0594 e. The average Bonchev–Trinajstić information content (AvgIpc) is 3.06. The Labute approximate surface area is 151 Å². The van der Waals surface area contributed by atoms with Gasteiger partial charge in [-0.05, 0) is 18.1 Å². The molecule has 0 N–H and O–H groups in total. The zero-order chi connectivity index (χ0) is 17.5. The molecule has 0 saturated carbocycles. The van der Waals surface area contributed by atoms with Gasteiger partial charge in [0.05, 0.1) is 19.4 Å². The number of para-hydroxylation sites is 1. The topological polar surface area (TPSA) is 33.5 Å². The molecule has 0 amide bonds. The molecule has 25 heavy (non-hydrogen) atoms. The Morgan fingerprint density at radius 3 is 2.64 bits per heavy atom. The molecule has 3 rings (SSSR count). The van der Waals surface area contributed by atoms with Crippen molar-refractivity contribution in [2.75, 3.05) is 44.3 Å². The van der Waals surface area contributed by atoms with Crippen LogP contribution in [0.1, 0.15) is 19.4 Å². The Bertz CT molecular complexity index is 620. The Morgan fingerprint density at radius 1 is 1.16 bits per heavy atom. The summed E-state index contributed by atoms with van der Waals surface area (Å²) in [5.74, 6) is 0.610. The number of nitrogens with zero attached hydrogens (tertiary/aromatic N) is 4. The minimum Gasteiger partial charge on any atom is -0.379 e. The molecule has 5 heteroatoms. The van der Waals surface area contributed by atoms with Crippen molar-refractivity contribution in [2.45, 2.75) is 26.9 Å². The molecule has 0 unspecified atom stereocenters. The van der Waals surface area contributed by atoms with E-state index < -0.39 is 0 Å². The molecule has 0 spiro atoms. The summed E-state index contributed by atoms with van der Waals surface area (Å²) in [7, 11) is 0. The van der Waals surface area contributed by atoms with E-state index in [1.165, 1.54) is 11.3 Å². The minimum atomic E-state index is 0.610. The van der Waals surface area contributed by atoms with Gasteiger partial charge in [0.2, 0.25) is 0 Å². The maximum atomic E-state index is 5.45. The fourth-order valence-electron chi connectivity index (χ4n) is 3.21. The third kappa shape index (κ3) is 5.58. The largest absolute Gasteiger partial charge is 0.379 e. The SMILES string of the molecule is CC(C)Cn1cc(CN(CCN2CCOCC2)c2ccccc2)cn1. The van der Waals surface area contributed by atoms with Crippen LogP contribution in [0, 0.1) is 5.92 Å². The first-order chi connectivity index (χ1) is 12.2. The van der Waals surface area contributed by atoms with Crippen LogP contribution in [0.4, 0.5) is 5.69 Å². The standard InChI is InChI=1S/C20H30N4O/c1-18(2)15-24-17-19(14-21-24)16-23(20-6-4-3-5-7-20)9-8-22-10-12-25-13-11-22/h3-7,14,17-18H,8-13,15-16H2,1-2H3. The normalized spacial score (nSPS) is 15.6. The number of aromatic nitrogens is 2. The predicted molar refractivity (Wildman–Crippen MR) is 102 cm³/mol. The van der Waals surface area contributed by atoms with E-state index in [1.807, 2.05) is 6.20 Å². The summed E-state index contributed by atoms with van der Waals surface area (Å²) in [6.07, 6.45) is 4.19. The maximum absolute atomic E-state index is 5.45. The molecule has 2 aromatic rings. The van der Waals surface area contributed by atoms with E-state index in [1.54, 1.807) is 0 Å². The lowest BCUT2D eigenvalue weighted by Gasteiger charge is -2.31.